The molecule has 1 saturated heterocycles. The van der Waals surface area contributed by atoms with E-state index >= 15 is 0 Å². The fourth-order valence-electron chi connectivity index (χ4n) is 6.80. The molecular formula is C38H41F3N8O5. The molecule has 2 N–H and O–H groups in total. The minimum Gasteiger partial charge on any atom is -0.373 e. The van der Waals surface area contributed by atoms with Crippen LogP contribution >= 0.6 is 0 Å². The molecule has 1 saturated carbocycles. The Labute approximate surface area is 309 Å². The molecule has 2 aliphatic rings. The Kier molecular flexibility index (Phi) is 10.2. The zero-order valence-electron chi connectivity index (χ0n) is 30.6. The number of nitrogens with one attached hydrogen (secondary N) is 2. The number of rotatable bonds is 12. The van der Waals surface area contributed by atoms with Crippen molar-refractivity contribution in [2.24, 2.45) is 10.8 Å². The number of benzene rings is 1. The van der Waals surface area contributed by atoms with Crippen LogP contribution in [0.4, 0.5) is 19.0 Å². The number of aromatic nitrogens is 5. The maximum absolute atomic E-state index is 14.3. The lowest BCUT2D eigenvalue weighted by Gasteiger charge is -2.27. The van der Waals surface area contributed by atoms with Gasteiger partial charge in [-0.05, 0) is 43.5 Å². The number of likely N-dealkylation sites (tertiary alicyclic amines) is 1. The van der Waals surface area contributed by atoms with Gasteiger partial charge in [0.1, 0.15) is 35.6 Å². The van der Waals surface area contributed by atoms with Gasteiger partial charge in [-0.25, -0.2) is 15.0 Å². The van der Waals surface area contributed by atoms with Crippen LogP contribution in [-0.4, -0.2) is 78.4 Å². The second-order valence-corrected chi connectivity index (χ2v) is 14.8. The molecule has 1 aromatic carbocycles. The fraction of sp³-hybridized carbons (Fsp3) is 0.421. The molecule has 284 valence electrons. The van der Waals surface area contributed by atoms with Crippen LogP contribution in [0.15, 0.2) is 55.4 Å². The first kappa shape index (κ1) is 38.2. The van der Waals surface area contributed by atoms with Crippen molar-refractivity contribution in [3.63, 3.8) is 0 Å². The number of fused-ring (bicyclic) bond motifs is 2. The van der Waals surface area contributed by atoms with Gasteiger partial charge in [0.2, 0.25) is 17.7 Å². The number of nitrogens with zero attached hydrogens (tertiary/aromatic N) is 6. The number of alkyl halides is 3. The Hall–Kier alpha value is -5.51. The van der Waals surface area contributed by atoms with Gasteiger partial charge in [-0.3, -0.25) is 23.9 Å². The largest absolute Gasteiger partial charge is 0.433 e. The van der Waals surface area contributed by atoms with E-state index in [9.17, 15) is 32.3 Å². The third-order valence-corrected chi connectivity index (χ3v) is 9.78. The summed E-state index contributed by atoms with van der Waals surface area (Å²) in [6.45, 7) is 11.8. The standard InChI is InChI=1S/C38H41F3N8O5/c1-7-12-54-19-24-9-11-29(38(39,40)41)45-33(24)46-34(52)28-14-37(20-44-35(53)36(4,5)6)15-30(37)49(28)31(51)18-48-27-10-8-23(25-16-42-22(3)43-17-25)13-26(27)32(47-48)21(2)50/h7-11,13,16-17,28,30H,1,12,14-15,18-20H2,2-6H3,(H,44,53)(H,45,46,52)/t28-,30?,37-/m0/s1. The molecule has 13 nitrogen and oxygen atoms in total. The second kappa shape index (κ2) is 14.4. The molecule has 0 spiro atoms. The molecule has 1 unspecified atom stereocenters. The van der Waals surface area contributed by atoms with Gasteiger partial charge in [-0.15, -0.1) is 6.58 Å². The van der Waals surface area contributed by atoms with Gasteiger partial charge in [0.15, 0.2) is 5.78 Å². The Morgan fingerprint density at radius 3 is 2.43 bits per heavy atom. The number of amides is 3. The van der Waals surface area contributed by atoms with Crippen LogP contribution < -0.4 is 10.6 Å². The molecule has 2 fully saturated rings. The van der Waals surface area contributed by atoms with Gasteiger partial charge in [-0.2, -0.15) is 18.3 Å². The zero-order valence-corrected chi connectivity index (χ0v) is 30.6. The zero-order chi connectivity index (χ0) is 39.2. The monoisotopic (exact) mass is 746 g/mol. The van der Waals surface area contributed by atoms with Crippen LogP contribution in [0.3, 0.4) is 0 Å². The number of ether oxygens (including phenoxy) is 1. The van der Waals surface area contributed by atoms with Crippen molar-refractivity contribution < 1.29 is 37.1 Å². The molecule has 0 bridgehead atoms. The van der Waals surface area contributed by atoms with Crippen molar-refractivity contribution in [1.82, 2.24) is 34.9 Å². The number of aryl methyl sites for hydroxylation is 1. The number of Topliss-reactive ketones (excluding diaryl/α,β-unsaturated/α-hetero) is 1. The van der Waals surface area contributed by atoms with E-state index in [1.54, 1.807) is 58.3 Å². The average Bonchev–Trinajstić information content (AvgIpc) is 3.53. The number of hydrogen-bond acceptors (Lipinski definition) is 9. The summed E-state index contributed by atoms with van der Waals surface area (Å²) in [5.74, 6) is -1.51. The highest BCUT2D eigenvalue weighted by molar-refractivity contribution is 6.06. The summed E-state index contributed by atoms with van der Waals surface area (Å²) in [7, 11) is 0. The third-order valence-electron chi connectivity index (χ3n) is 9.78. The quantitative estimate of drug-likeness (QED) is 0.112. The van der Waals surface area contributed by atoms with Crippen molar-refractivity contribution >= 4 is 40.2 Å². The van der Waals surface area contributed by atoms with Crippen LogP contribution in [0.1, 0.15) is 68.1 Å². The number of carbonyl (C=O) groups excluding carboxylic acids is 4. The average molecular weight is 747 g/mol. The van der Waals surface area contributed by atoms with E-state index in [1.807, 2.05) is 0 Å². The van der Waals surface area contributed by atoms with E-state index in [0.717, 1.165) is 17.2 Å². The van der Waals surface area contributed by atoms with E-state index in [2.05, 4.69) is 37.3 Å². The lowest BCUT2D eigenvalue weighted by atomic mass is 9.94. The van der Waals surface area contributed by atoms with Crippen LogP contribution in [0, 0.1) is 17.8 Å². The van der Waals surface area contributed by atoms with Crippen LogP contribution in [-0.2, 0) is 38.4 Å². The molecule has 3 amide bonds. The Bertz CT molecular complexity index is 2140. The number of carbonyl (C=O) groups is 4. The Morgan fingerprint density at radius 1 is 1.06 bits per heavy atom. The SMILES string of the molecule is C=CCOCc1ccc(C(F)(F)F)nc1NC(=O)[C@@H]1C[C@@]2(CNC(=O)C(C)(C)C)CC2N1C(=O)Cn1nc(C(C)=O)c2cc(-c3cnc(C)nc3)ccc21. The predicted molar refractivity (Wildman–Crippen MR) is 192 cm³/mol. The molecular weight excluding hydrogens is 705 g/mol. The summed E-state index contributed by atoms with van der Waals surface area (Å²) < 4.78 is 48.0. The van der Waals surface area contributed by atoms with Gasteiger partial charge >= 0.3 is 6.18 Å². The molecule has 16 heteroatoms. The summed E-state index contributed by atoms with van der Waals surface area (Å²) in [6, 6.07) is 5.73. The smallest absolute Gasteiger partial charge is 0.373 e. The number of ketones is 1. The highest BCUT2D eigenvalue weighted by Gasteiger charge is 2.67. The van der Waals surface area contributed by atoms with Crippen molar-refractivity contribution in [3.8, 4) is 11.1 Å². The predicted octanol–water partition coefficient (Wildman–Crippen LogP) is 5.28. The Balaban J connectivity index is 1.32. The first-order valence-electron chi connectivity index (χ1n) is 17.4. The van der Waals surface area contributed by atoms with Crippen LogP contribution in [0.5, 0.6) is 0 Å². The summed E-state index contributed by atoms with van der Waals surface area (Å²) in [5.41, 5.74) is -0.227. The number of pyridine rings is 1. The van der Waals surface area contributed by atoms with E-state index in [1.165, 1.54) is 28.6 Å². The molecule has 6 rings (SSSR count). The lowest BCUT2D eigenvalue weighted by molar-refractivity contribution is -0.141. The molecule has 3 aromatic heterocycles. The fourth-order valence-corrected chi connectivity index (χ4v) is 6.80. The molecule has 54 heavy (non-hydrogen) atoms. The second-order valence-electron chi connectivity index (χ2n) is 14.8. The van der Waals surface area contributed by atoms with Gasteiger partial charge < -0.3 is 20.3 Å². The van der Waals surface area contributed by atoms with Crippen LogP contribution in [0.2, 0.25) is 0 Å². The summed E-state index contributed by atoms with van der Waals surface area (Å²) in [4.78, 5) is 67.6. The van der Waals surface area contributed by atoms with Crippen molar-refractivity contribution in [1.29, 1.82) is 0 Å². The molecule has 1 aliphatic carbocycles. The number of anilines is 1. The van der Waals surface area contributed by atoms with E-state index in [0.29, 0.717) is 23.1 Å². The molecule has 3 atom stereocenters. The summed E-state index contributed by atoms with van der Waals surface area (Å²) in [5, 5.41) is 10.5. The summed E-state index contributed by atoms with van der Waals surface area (Å²) >= 11 is 0. The molecule has 1 aliphatic heterocycles. The molecule has 0 radical (unpaired) electrons. The number of piperidine rings is 1. The highest BCUT2D eigenvalue weighted by atomic mass is 19.4. The third kappa shape index (κ3) is 7.74. The maximum atomic E-state index is 14.3. The lowest BCUT2D eigenvalue weighted by Crippen LogP contribution is -2.47. The maximum Gasteiger partial charge on any atom is 0.433 e. The first-order valence-corrected chi connectivity index (χ1v) is 17.4. The topological polar surface area (TPSA) is 161 Å². The van der Waals surface area contributed by atoms with Gasteiger partial charge in [0, 0.05) is 59.2 Å². The van der Waals surface area contributed by atoms with Gasteiger partial charge in [-0.1, -0.05) is 39.0 Å². The van der Waals surface area contributed by atoms with Crippen LogP contribution in [0.25, 0.3) is 22.0 Å². The normalized spacial score (nSPS) is 19.4. The van der Waals surface area contributed by atoms with Crippen molar-refractivity contribution in [2.45, 2.75) is 78.9 Å². The minimum absolute atomic E-state index is 0.110. The van der Waals surface area contributed by atoms with Gasteiger partial charge in [0.25, 0.3) is 0 Å². The first-order chi connectivity index (χ1) is 25.4. The van der Waals surface area contributed by atoms with Crippen molar-refractivity contribution in [2.75, 3.05) is 18.5 Å². The van der Waals surface area contributed by atoms with E-state index in [4.69, 9.17) is 4.74 Å². The molecule has 4 heterocycles. The minimum atomic E-state index is -4.79. The van der Waals surface area contributed by atoms with E-state index < -0.39 is 46.6 Å². The number of hydrogen-bond donors (Lipinski definition) is 2. The highest BCUT2D eigenvalue weighted by Crippen LogP contribution is 2.59. The molecule has 4 aromatic rings. The van der Waals surface area contributed by atoms with E-state index in [-0.39, 0.29) is 61.5 Å². The summed E-state index contributed by atoms with van der Waals surface area (Å²) in [6.07, 6.45) is 0.661. The van der Waals surface area contributed by atoms with Crippen molar-refractivity contribution in [3.05, 3.63) is 78.2 Å². The Morgan fingerprint density at radius 2 is 1.78 bits per heavy atom. The number of halogens is 3. The van der Waals surface area contributed by atoms with Gasteiger partial charge in [0.05, 0.1) is 18.7 Å².